The molecular formula is C20H27ClF. The molecule has 2 heteroatoms. The lowest BCUT2D eigenvalue weighted by Crippen LogP contribution is -2.23. The molecule has 2 saturated carbocycles. The van der Waals surface area contributed by atoms with Crippen LogP contribution in [0.15, 0.2) is 18.2 Å². The summed E-state index contributed by atoms with van der Waals surface area (Å²) in [4.78, 5) is 0. The van der Waals surface area contributed by atoms with Gasteiger partial charge in [0.15, 0.2) is 0 Å². The zero-order valence-corrected chi connectivity index (χ0v) is 14.1. The van der Waals surface area contributed by atoms with E-state index in [-0.39, 0.29) is 10.8 Å². The molecule has 2 fully saturated rings. The van der Waals surface area contributed by atoms with Crippen LogP contribution >= 0.6 is 11.6 Å². The number of hydrogen-bond acceptors (Lipinski definition) is 0. The second kappa shape index (κ2) is 7.81. The Balaban J connectivity index is 1.42. The van der Waals surface area contributed by atoms with Gasteiger partial charge in [0.05, 0.1) is 5.02 Å². The molecule has 1 radical (unpaired) electrons. The molecule has 0 aliphatic heterocycles. The van der Waals surface area contributed by atoms with Crippen LogP contribution in [0, 0.1) is 30.0 Å². The highest BCUT2D eigenvalue weighted by Gasteiger charge is 2.28. The fourth-order valence-corrected chi connectivity index (χ4v) is 4.56. The Morgan fingerprint density at radius 3 is 2.32 bits per heavy atom. The third kappa shape index (κ3) is 4.25. The van der Waals surface area contributed by atoms with Crippen molar-refractivity contribution in [3.05, 3.63) is 41.0 Å². The summed E-state index contributed by atoms with van der Waals surface area (Å²) in [6.07, 6.45) is 15.8. The largest absolute Gasteiger partial charge is 0.205 e. The molecule has 2 aliphatic carbocycles. The Labute approximate surface area is 139 Å². The molecular weight excluding hydrogens is 295 g/mol. The van der Waals surface area contributed by atoms with Gasteiger partial charge in [-0.25, -0.2) is 4.39 Å². The Morgan fingerprint density at radius 2 is 1.64 bits per heavy atom. The highest BCUT2D eigenvalue weighted by Crippen LogP contribution is 2.40. The molecule has 0 N–H and O–H groups in total. The van der Waals surface area contributed by atoms with Gasteiger partial charge >= 0.3 is 0 Å². The maximum atomic E-state index is 13.5. The molecule has 0 aromatic heterocycles. The summed E-state index contributed by atoms with van der Waals surface area (Å²) in [6, 6.07) is 5.26. The monoisotopic (exact) mass is 321 g/mol. The van der Waals surface area contributed by atoms with Crippen LogP contribution in [0.1, 0.15) is 63.4 Å². The smallest absolute Gasteiger partial charge is 0.142 e. The zero-order chi connectivity index (χ0) is 15.4. The van der Waals surface area contributed by atoms with Crippen molar-refractivity contribution in [3.8, 4) is 0 Å². The minimum atomic E-state index is -0.281. The number of rotatable bonds is 4. The predicted molar refractivity (Wildman–Crippen MR) is 91.4 cm³/mol. The van der Waals surface area contributed by atoms with Crippen molar-refractivity contribution in [1.29, 1.82) is 0 Å². The molecule has 0 nitrogen and oxygen atoms in total. The Morgan fingerprint density at radius 1 is 0.955 bits per heavy atom. The van der Waals surface area contributed by atoms with Gasteiger partial charge in [-0.3, -0.25) is 0 Å². The van der Waals surface area contributed by atoms with Crippen LogP contribution in [0.4, 0.5) is 4.39 Å². The van der Waals surface area contributed by atoms with Crippen LogP contribution < -0.4 is 0 Å². The van der Waals surface area contributed by atoms with E-state index < -0.39 is 0 Å². The van der Waals surface area contributed by atoms with E-state index in [1.807, 2.05) is 6.07 Å². The Bertz CT molecular complexity index is 471. The summed E-state index contributed by atoms with van der Waals surface area (Å²) >= 11 is 5.74. The predicted octanol–water partition coefficient (Wildman–Crippen LogP) is 6.61. The lowest BCUT2D eigenvalue weighted by molar-refractivity contribution is 0.173. The van der Waals surface area contributed by atoms with Gasteiger partial charge in [0, 0.05) is 0 Å². The van der Waals surface area contributed by atoms with Crippen LogP contribution in [-0.4, -0.2) is 0 Å². The van der Waals surface area contributed by atoms with Gasteiger partial charge in [0.2, 0.25) is 0 Å². The molecule has 0 unspecified atom stereocenters. The minimum absolute atomic E-state index is 0.231. The summed E-state index contributed by atoms with van der Waals surface area (Å²) in [7, 11) is 0. The number of hydrogen-bond donors (Lipinski definition) is 0. The molecule has 1 aromatic rings. The van der Waals surface area contributed by atoms with E-state index >= 15 is 0 Å². The minimum Gasteiger partial charge on any atom is -0.205 e. The summed E-state index contributed by atoms with van der Waals surface area (Å²) in [5.41, 5.74) is 1.09. The second-order valence-electron chi connectivity index (χ2n) is 7.27. The maximum absolute atomic E-state index is 13.5. The highest BCUT2D eigenvalue weighted by molar-refractivity contribution is 6.30. The lowest BCUT2D eigenvalue weighted by atomic mass is 9.70. The molecule has 0 atom stereocenters. The Kier molecular flexibility index (Phi) is 5.79. The third-order valence-electron chi connectivity index (χ3n) is 5.87. The quantitative estimate of drug-likeness (QED) is 0.585. The van der Waals surface area contributed by atoms with Crippen LogP contribution in [0.5, 0.6) is 0 Å². The summed E-state index contributed by atoms with van der Waals surface area (Å²) < 4.78 is 13.5. The Hall–Kier alpha value is -0.560. The van der Waals surface area contributed by atoms with Crippen molar-refractivity contribution in [2.45, 2.75) is 64.2 Å². The van der Waals surface area contributed by atoms with Gasteiger partial charge in [-0.05, 0) is 93.2 Å². The summed E-state index contributed by atoms with van der Waals surface area (Å²) in [6.45, 7) is 0. The lowest BCUT2D eigenvalue weighted by Gasteiger charge is -2.35. The number of benzene rings is 1. The fraction of sp³-hybridized carbons (Fsp3) is 0.650. The standard InChI is InChI=1S/C20H27ClF/c21-19-13-10-16(14-20(19)22)7-6-15-8-11-18(12-9-15)17-4-2-1-3-5-17/h1,10,13-15,17-18H,2-9,11-12H2. The number of aryl methyl sites for hydroxylation is 1. The van der Waals surface area contributed by atoms with E-state index in [0.29, 0.717) is 0 Å². The normalized spacial score (nSPS) is 27.0. The highest BCUT2D eigenvalue weighted by atomic mass is 35.5. The molecule has 2 aliphatic rings. The molecule has 22 heavy (non-hydrogen) atoms. The first-order valence-corrected chi connectivity index (χ1v) is 9.36. The molecule has 121 valence electrons. The third-order valence-corrected chi connectivity index (χ3v) is 6.17. The summed E-state index contributed by atoms with van der Waals surface area (Å²) in [5, 5.41) is 0.231. The van der Waals surface area contributed by atoms with Gasteiger partial charge < -0.3 is 0 Å². The van der Waals surface area contributed by atoms with Crippen molar-refractivity contribution in [1.82, 2.24) is 0 Å². The molecule has 0 amide bonds. The average molecular weight is 322 g/mol. The van der Waals surface area contributed by atoms with Gasteiger partial charge in [0.1, 0.15) is 5.82 Å². The van der Waals surface area contributed by atoms with E-state index in [1.54, 1.807) is 12.1 Å². The fourth-order valence-electron chi connectivity index (χ4n) is 4.44. The van der Waals surface area contributed by atoms with Gasteiger partial charge in [-0.15, -0.1) is 0 Å². The molecule has 0 heterocycles. The van der Waals surface area contributed by atoms with Crippen LogP contribution in [0.2, 0.25) is 5.02 Å². The van der Waals surface area contributed by atoms with E-state index in [0.717, 1.165) is 29.7 Å². The van der Waals surface area contributed by atoms with Crippen LogP contribution in [0.25, 0.3) is 0 Å². The van der Waals surface area contributed by atoms with Crippen molar-refractivity contribution in [2.24, 2.45) is 17.8 Å². The first-order chi connectivity index (χ1) is 10.7. The SMILES string of the molecule is Fc1cc(CCC2CCC(C3CC[CH]CC3)CC2)ccc1Cl. The molecule has 1 aromatic carbocycles. The molecule has 0 bridgehead atoms. The topological polar surface area (TPSA) is 0 Å². The van der Waals surface area contributed by atoms with E-state index in [4.69, 9.17) is 11.6 Å². The van der Waals surface area contributed by atoms with Crippen LogP contribution in [0.3, 0.4) is 0 Å². The van der Waals surface area contributed by atoms with Gasteiger partial charge in [-0.1, -0.05) is 30.5 Å². The second-order valence-corrected chi connectivity index (χ2v) is 7.68. The van der Waals surface area contributed by atoms with Crippen molar-refractivity contribution < 1.29 is 4.39 Å². The van der Waals surface area contributed by atoms with Crippen molar-refractivity contribution >= 4 is 11.6 Å². The van der Waals surface area contributed by atoms with E-state index in [9.17, 15) is 4.39 Å². The van der Waals surface area contributed by atoms with Crippen LogP contribution in [-0.2, 0) is 6.42 Å². The van der Waals surface area contributed by atoms with E-state index in [1.165, 1.54) is 57.8 Å². The summed E-state index contributed by atoms with van der Waals surface area (Å²) in [5.74, 6) is 2.54. The van der Waals surface area contributed by atoms with Crippen molar-refractivity contribution in [3.63, 3.8) is 0 Å². The van der Waals surface area contributed by atoms with Gasteiger partial charge in [0.25, 0.3) is 0 Å². The van der Waals surface area contributed by atoms with Gasteiger partial charge in [-0.2, -0.15) is 0 Å². The zero-order valence-electron chi connectivity index (χ0n) is 13.4. The van der Waals surface area contributed by atoms with Crippen molar-refractivity contribution in [2.75, 3.05) is 0 Å². The maximum Gasteiger partial charge on any atom is 0.142 e. The van der Waals surface area contributed by atoms with E-state index in [2.05, 4.69) is 6.42 Å². The molecule has 0 saturated heterocycles. The average Bonchev–Trinajstić information content (AvgIpc) is 2.57. The number of halogens is 2. The molecule has 3 rings (SSSR count). The first-order valence-electron chi connectivity index (χ1n) is 8.98. The molecule has 0 spiro atoms. The first kappa shape index (κ1) is 16.3.